The Morgan fingerprint density at radius 3 is 2.42 bits per heavy atom. The van der Waals surface area contributed by atoms with Crippen LogP contribution in [-0.2, 0) is 16.0 Å². The van der Waals surface area contributed by atoms with E-state index in [1.165, 1.54) is 19.3 Å². The van der Waals surface area contributed by atoms with E-state index in [9.17, 15) is 9.59 Å². The molecule has 0 radical (unpaired) electrons. The molecule has 1 fully saturated rings. The van der Waals surface area contributed by atoms with Gasteiger partial charge in [-0.15, -0.1) is 0 Å². The summed E-state index contributed by atoms with van der Waals surface area (Å²) in [5.41, 5.74) is 6.39. The van der Waals surface area contributed by atoms with Gasteiger partial charge in [-0.1, -0.05) is 43.0 Å². The summed E-state index contributed by atoms with van der Waals surface area (Å²) in [5, 5.41) is 6.33. The molecule has 0 heterocycles. The number of rotatable bonds is 7. The number of halogens is 1. The highest BCUT2D eigenvalue weighted by atomic mass is 35.5. The van der Waals surface area contributed by atoms with Gasteiger partial charge in [0.25, 0.3) is 0 Å². The Labute approximate surface area is 148 Å². The van der Waals surface area contributed by atoms with E-state index in [2.05, 4.69) is 10.6 Å². The van der Waals surface area contributed by atoms with Crippen molar-refractivity contribution < 1.29 is 9.59 Å². The minimum Gasteiger partial charge on any atom is -0.351 e. The van der Waals surface area contributed by atoms with Gasteiger partial charge in [-0.2, -0.15) is 0 Å². The molecule has 2 amide bonds. The van der Waals surface area contributed by atoms with Crippen molar-refractivity contribution in [3.63, 3.8) is 0 Å². The molecule has 1 atom stereocenters. The quantitative estimate of drug-likeness (QED) is 0.702. The molecule has 5 nitrogen and oxygen atoms in total. The Morgan fingerprint density at radius 1 is 1.12 bits per heavy atom. The first-order valence-electron chi connectivity index (χ1n) is 8.59. The van der Waals surface area contributed by atoms with Crippen LogP contribution in [0.1, 0.15) is 37.7 Å². The van der Waals surface area contributed by atoms with Gasteiger partial charge in [0.2, 0.25) is 11.8 Å². The zero-order valence-electron chi connectivity index (χ0n) is 13.9. The van der Waals surface area contributed by atoms with Gasteiger partial charge in [-0.3, -0.25) is 9.59 Å². The molecule has 0 bridgehead atoms. The number of hydrogen-bond donors (Lipinski definition) is 3. The number of nitrogens with one attached hydrogen (secondary N) is 2. The lowest BCUT2D eigenvalue weighted by Crippen LogP contribution is -2.47. The van der Waals surface area contributed by atoms with Crippen molar-refractivity contribution in [2.45, 2.75) is 44.6 Å². The van der Waals surface area contributed by atoms with Gasteiger partial charge in [-0.05, 0) is 42.9 Å². The van der Waals surface area contributed by atoms with E-state index in [1.54, 1.807) is 0 Å². The predicted molar refractivity (Wildman–Crippen MR) is 95.7 cm³/mol. The number of carbonyl (C=O) groups is 2. The Balaban J connectivity index is 1.97. The van der Waals surface area contributed by atoms with Gasteiger partial charge >= 0.3 is 0 Å². The average Bonchev–Trinajstić information content (AvgIpc) is 2.61. The molecule has 0 spiro atoms. The van der Waals surface area contributed by atoms with Crippen LogP contribution in [-0.4, -0.2) is 30.9 Å². The van der Waals surface area contributed by atoms with Crippen LogP contribution in [0.25, 0.3) is 0 Å². The third-order valence-electron chi connectivity index (χ3n) is 4.57. The third-order valence-corrected chi connectivity index (χ3v) is 4.82. The van der Waals surface area contributed by atoms with E-state index < -0.39 is 0 Å². The van der Waals surface area contributed by atoms with Gasteiger partial charge in [-0.25, -0.2) is 0 Å². The first-order chi connectivity index (χ1) is 11.6. The lowest BCUT2D eigenvalue weighted by atomic mass is 9.81. The van der Waals surface area contributed by atoms with Crippen LogP contribution < -0.4 is 16.4 Å². The highest BCUT2D eigenvalue weighted by Crippen LogP contribution is 2.28. The molecule has 1 aromatic carbocycles. The summed E-state index contributed by atoms with van der Waals surface area (Å²) in [6.45, 7) is -0.135. The first kappa shape index (κ1) is 18.7. The fourth-order valence-electron chi connectivity index (χ4n) is 3.26. The molecule has 6 heteroatoms. The summed E-state index contributed by atoms with van der Waals surface area (Å²) < 4.78 is 0. The molecule has 0 aliphatic heterocycles. The smallest absolute Gasteiger partial charge is 0.239 e. The average molecular weight is 352 g/mol. The molecule has 0 saturated heterocycles. The maximum Gasteiger partial charge on any atom is 0.239 e. The van der Waals surface area contributed by atoms with E-state index in [0.717, 1.165) is 24.8 Å². The number of amides is 2. The summed E-state index contributed by atoms with van der Waals surface area (Å²) in [6.07, 6.45) is 6.73. The third kappa shape index (κ3) is 6.13. The van der Waals surface area contributed by atoms with Gasteiger partial charge < -0.3 is 16.4 Å². The van der Waals surface area contributed by atoms with Crippen LogP contribution in [0.3, 0.4) is 0 Å². The predicted octanol–water partition coefficient (Wildman–Crippen LogP) is 2.02. The maximum atomic E-state index is 12.2. The topological polar surface area (TPSA) is 84.2 Å². The minimum atomic E-state index is -0.322. The van der Waals surface area contributed by atoms with Crippen LogP contribution in [0.4, 0.5) is 0 Å². The molecule has 24 heavy (non-hydrogen) atoms. The molecule has 1 aromatic rings. The highest BCUT2D eigenvalue weighted by Gasteiger charge is 2.25. The van der Waals surface area contributed by atoms with Gasteiger partial charge in [0, 0.05) is 11.1 Å². The SMILES string of the molecule is NCC(=O)NCC(=O)NC(Cc1ccc(Cl)cc1)C1CCCCC1. The van der Waals surface area contributed by atoms with E-state index in [4.69, 9.17) is 17.3 Å². The molecule has 1 aliphatic rings. The Bertz CT molecular complexity index is 542. The van der Waals surface area contributed by atoms with E-state index in [1.807, 2.05) is 24.3 Å². The second-order valence-electron chi connectivity index (χ2n) is 6.38. The molecule has 1 aliphatic carbocycles. The first-order valence-corrected chi connectivity index (χ1v) is 8.97. The standard InChI is InChI=1S/C18H26ClN3O2/c19-15-8-6-13(7-9-15)10-16(14-4-2-1-3-5-14)22-18(24)12-21-17(23)11-20/h6-9,14,16H,1-5,10-12,20H2,(H,21,23)(H,22,24). The van der Waals surface area contributed by atoms with E-state index >= 15 is 0 Å². The lowest BCUT2D eigenvalue weighted by Gasteiger charge is -2.31. The van der Waals surface area contributed by atoms with Gasteiger partial charge in [0.15, 0.2) is 0 Å². The molecule has 4 N–H and O–H groups in total. The summed E-state index contributed by atoms with van der Waals surface area (Å²) in [7, 11) is 0. The van der Waals surface area contributed by atoms with Crippen molar-refractivity contribution in [2.75, 3.05) is 13.1 Å². The maximum absolute atomic E-state index is 12.2. The molecule has 1 saturated carbocycles. The fraction of sp³-hybridized carbons (Fsp3) is 0.556. The largest absolute Gasteiger partial charge is 0.351 e. The monoisotopic (exact) mass is 351 g/mol. The van der Waals surface area contributed by atoms with Crippen molar-refractivity contribution >= 4 is 23.4 Å². The minimum absolute atomic E-state index is 0.0279. The number of hydrogen-bond acceptors (Lipinski definition) is 3. The number of carbonyl (C=O) groups excluding carboxylic acids is 2. The number of nitrogens with two attached hydrogens (primary N) is 1. The zero-order valence-corrected chi connectivity index (χ0v) is 14.6. The molecule has 1 unspecified atom stereocenters. The van der Waals surface area contributed by atoms with Crippen molar-refractivity contribution in [1.82, 2.24) is 10.6 Å². The Kier molecular flexibility index (Phi) is 7.53. The van der Waals surface area contributed by atoms with E-state index in [-0.39, 0.29) is 30.9 Å². The summed E-state index contributed by atoms with van der Waals surface area (Å²) in [6, 6.07) is 7.82. The fourth-order valence-corrected chi connectivity index (χ4v) is 3.38. The molecule has 132 valence electrons. The molecular formula is C18H26ClN3O2. The lowest BCUT2D eigenvalue weighted by molar-refractivity contribution is -0.126. The van der Waals surface area contributed by atoms with Gasteiger partial charge in [0.05, 0.1) is 13.1 Å². The zero-order chi connectivity index (χ0) is 17.4. The van der Waals surface area contributed by atoms with Crippen molar-refractivity contribution in [3.05, 3.63) is 34.9 Å². The Hall–Kier alpha value is -1.59. The Morgan fingerprint density at radius 2 is 1.79 bits per heavy atom. The van der Waals surface area contributed by atoms with Crippen LogP contribution in [0.15, 0.2) is 24.3 Å². The second kappa shape index (κ2) is 9.64. The summed E-state index contributed by atoms with van der Waals surface area (Å²) >= 11 is 5.95. The van der Waals surface area contributed by atoms with Crippen molar-refractivity contribution in [2.24, 2.45) is 11.7 Å². The van der Waals surface area contributed by atoms with Gasteiger partial charge in [0.1, 0.15) is 0 Å². The van der Waals surface area contributed by atoms with Crippen LogP contribution >= 0.6 is 11.6 Å². The summed E-state index contributed by atoms with van der Waals surface area (Å²) in [4.78, 5) is 23.4. The normalized spacial score (nSPS) is 16.4. The molecule has 0 aromatic heterocycles. The van der Waals surface area contributed by atoms with Crippen LogP contribution in [0.5, 0.6) is 0 Å². The van der Waals surface area contributed by atoms with Crippen LogP contribution in [0, 0.1) is 5.92 Å². The molecular weight excluding hydrogens is 326 g/mol. The van der Waals surface area contributed by atoms with E-state index in [0.29, 0.717) is 10.9 Å². The van der Waals surface area contributed by atoms with Crippen molar-refractivity contribution in [1.29, 1.82) is 0 Å². The summed E-state index contributed by atoms with van der Waals surface area (Å²) in [5.74, 6) is -0.0120. The highest BCUT2D eigenvalue weighted by molar-refractivity contribution is 6.30. The number of benzene rings is 1. The van der Waals surface area contributed by atoms with Crippen LogP contribution in [0.2, 0.25) is 5.02 Å². The van der Waals surface area contributed by atoms with Crippen molar-refractivity contribution in [3.8, 4) is 0 Å². The second-order valence-corrected chi connectivity index (χ2v) is 6.82. The molecule has 2 rings (SSSR count).